The van der Waals surface area contributed by atoms with Crippen molar-refractivity contribution in [3.05, 3.63) is 59.8 Å². The fourth-order valence-corrected chi connectivity index (χ4v) is 2.90. The molecule has 3 rings (SSSR count). The molecule has 0 radical (unpaired) electrons. The van der Waals surface area contributed by atoms with Gasteiger partial charge in [-0.2, -0.15) is 0 Å². The van der Waals surface area contributed by atoms with E-state index >= 15 is 0 Å². The maximum Gasteiger partial charge on any atom is 0.224 e. The molecule has 0 saturated heterocycles. The van der Waals surface area contributed by atoms with Crippen LogP contribution in [0.5, 0.6) is 5.88 Å². The summed E-state index contributed by atoms with van der Waals surface area (Å²) in [5.74, 6) is 0.786. The Hall–Kier alpha value is -2.40. The number of rotatable bonds is 7. The van der Waals surface area contributed by atoms with Crippen LogP contribution in [0.2, 0.25) is 0 Å². The average molecular weight is 326 g/mol. The molecule has 5 heteroatoms. The van der Waals surface area contributed by atoms with Crippen molar-refractivity contribution < 1.29 is 14.6 Å². The summed E-state index contributed by atoms with van der Waals surface area (Å²) in [6.07, 6.45) is 2.49. The molecule has 1 heterocycles. The summed E-state index contributed by atoms with van der Waals surface area (Å²) in [4.78, 5) is 16.6. The number of carbonyl (C=O) groups is 1. The molecule has 1 aromatic heterocycles. The maximum absolute atomic E-state index is 12.4. The van der Waals surface area contributed by atoms with Gasteiger partial charge in [0.05, 0.1) is 19.3 Å². The third kappa shape index (κ3) is 3.74. The average Bonchev–Trinajstić information content (AvgIpc) is 3.42. The Bertz CT molecular complexity index is 673. The minimum atomic E-state index is -0.447. The van der Waals surface area contributed by atoms with Crippen molar-refractivity contribution in [3.8, 4) is 5.88 Å². The molecule has 5 nitrogen and oxygen atoms in total. The second-order valence-electron chi connectivity index (χ2n) is 5.97. The van der Waals surface area contributed by atoms with Gasteiger partial charge in [-0.3, -0.25) is 4.79 Å². The van der Waals surface area contributed by atoms with Crippen molar-refractivity contribution >= 4 is 5.91 Å². The van der Waals surface area contributed by atoms with Crippen LogP contribution < -0.4 is 10.1 Å². The van der Waals surface area contributed by atoms with Crippen LogP contribution in [0.1, 0.15) is 36.4 Å². The largest absolute Gasteiger partial charge is 0.478 e. The van der Waals surface area contributed by atoms with Gasteiger partial charge in [0.1, 0.15) is 0 Å². The third-order valence-corrected chi connectivity index (χ3v) is 4.31. The number of hydrogen-bond donors (Lipinski definition) is 2. The Kier molecular flexibility index (Phi) is 5.11. The van der Waals surface area contributed by atoms with E-state index in [4.69, 9.17) is 4.74 Å². The number of hydrogen-bond acceptors (Lipinski definition) is 4. The lowest BCUT2D eigenvalue weighted by atomic mass is 10.1. The summed E-state index contributed by atoms with van der Waals surface area (Å²) >= 11 is 0. The molecule has 2 N–H and O–H groups in total. The highest BCUT2D eigenvalue weighted by atomic mass is 16.5. The smallest absolute Gasteiger partial charge is 0.224 e. The van der Waals surface area contributed by atoms with Crippen molar-refractivity contribution in [3.63, 3.8) is 0 Å². The first-order chi connectivity index (χ1) is 11.7. The molecular weight excluding hydrogens is 304 g/mol. The first kappa shape index (κ1) is 16.5. The van der Waals surface area contributed by atoms with Crippen molar-refractivity contribution in [1.29, 1.82) is 0 Å². The molecule has 1 aliphatic rings. The summed E-state index contributed by atoms with van der Waals surface area (Å²) in [7, 11) is 0. The van der Waals surface area contributed by atoms with Crippen molar-refractivity contribution in [2.24, 2.45) is 5.92 Å². The zero-order valence-electron chi connectivity index (χ0n) is 13.7. The molecule has 2 aromatic rings. The molecular formula is C19H22N2O3. The molecule has 0 aliphatic heterocycles. The molecule has 1 aliphatic carbocycles. The monoisotopic (exact) mass is 326 g/mol. The number of nitrogens with zero attached hydrogens (tertiary/aromatic N) is 1. The highest BCUT2D eigenvalue weighted by Gasteiger charge is 2.44. The minimum absolute atomic E-state index is 0.0166. The number of ether oxygens (including phenoxy) is 1. The quantitative estimate of drug-likeness (QED) is 0.820. The van der Waals surface area contributed by atoms with Gasteiger partial charge in [0.25, 0.3) is 0 Å². The summed E-state index contributed by atoms with van der Waals surface area (Å²) in [5.41, 5.74) is 1.96. The molecule has 0 bridgehead atoms. The van der Waals surface area contributed by atoms with Crippen LogP contribution in [0.25, 0.3) is 0 Å². The summed E-state index contributed by atoms with van der Waals surface area (Å²) in [5, 5.41) is 12.5. The normalized spacial score (nSPS) is 20.2. The van der Waals surface area contributed by atoms with E-state index in [-0.39, 0.29) is 24.3 Å². The molecule has 1 amide bonds. The molecule has 1 saturated carbocycles. The molecule has 24 heavy (non-hydrogen) atoms. The van der Waals surface area contributed by atoms with Crippen LogP contribution in [-0.2, 0) is 4.79 Å². The van der Waals surface area contributed by atoms with Crippen LogP contribution in [0, 0.1) is 5.92 Å². The van der Waals surface area contributed by atoms with Crippen LogP contribution in [0.15, 0.2) is 48.7 Å². The van der Waals surface area contributed by atoms with E-state index in [0.717, 1.165) is 12.0 Å². The molecule has 1 aromatic carbocycles. The second kappa shape index (κ2) is 7.45. The van der Waals surface area contributed by atoms with Gasteiger partial charge < -0.3 is 15.2 Å². The SMILES string of the molecule is CCOc1ccc([C@H](CO)NC(=O)[C@H]2C[C@@H]2c2ccccc2)cn1. The molecule has 3 atom stereocenters. The molecule has 0 spiro atoms. The fraction of sp³-hybridized carbons (Fsp3) is 0.368. The lowest BCUT2D eigenvalue weighted by Crippen LogP contribution is -2.32. The van der Waals surface area contributed by atoms with Gasteiger partial charge in [0.2, 0.25) is 11.8 Å². The van der Waals surface area contributed by atoms with Crippen LogP contribution in [0.4, 0.5) is 0 Å². The molecule has 1 fully saturated rings. The lowest BCUT2D eigenvalue weighted by molar-refractivity contribution is -0.123. The van der Waals surface area contributed by atoms with Crippen molar-refractivity contribution in [2.75, 3.05) is 13.2 Å². The van der Waals surface area contributed by atoms with E-state index in [2.05, 4.69) is 22.4 Å². The van der Waals surface area contributed by atoms with Crippen LogP contribution >= 0.6 is 0 Å². The zero-order valence-corrected chi connectivity index (χ0v) is 13.7. The predicted molar refractivity (Wildman–Crippen MR) is 90.7 cm³/mol. The highest BCUT2D eigenvalue weighted by molar-refractivity contribution is 5.83. The number of benzene rings is 1. The van der Waals surface area contributed by atoms with Crippen LogP contribution in [-0.4, -0.2) is 29.2 Å². The third-order valence-electron chi connectivity index (χ3n) is 4.31. The highest BCUT2D eigenvalue weighted by Crippen LogP contribution is 2.47. The standard InChI is InChI=1S/C19H22N2O3/c1-2-24-18-9-8-14(11-20-18)17(12-22)21-19(23)16-10-15(16)13-6-4-3-5-7-13/h3-9,11,15-17,22H,2,10,12H2,1H3,(H,21,23)/t15-,16+,17+/m1/s1. The number of aliphatic hydroxyl groups excluding tert-OH is 1. The number of pyridine rings is 1. The van der Waals surface area contributed by atoms with E-state index in [1.807, 2.05) is 31.2 Å². The van der Waals surface area contributed by atoms with E-state index in [0.29, 0.717) is 12.5 Å². The maximum atomic E-state index is 12.4. The summed E-state index contributed by atoms with van der Waals surface area (Å²) < 4.78 is 5.31. The van der Waals surface area contributed by atoms with E-state index in [9.17, 15) is 9.90 Å². The fourth-order valence-electron chi connectivity index (χ4n) is 2.90. The Labute approximate surface area is 141 Å². The van der Waals surface area contributed by atoms with Gasteiger partial charge in [-0.05, 0) is 36.5 Å². The second-order valence-corrected chi connectivity index (χ2v) is 5.97. The lowest BCUT2D eigenvalue weighted by Gasteiger charge is -2.17. The summed E-state index contributed by atoms with van der Waals surface area (Å²) in [6, 6.07) is 13.2. The minimum Gasteiger partial charge on any atom is -0.478 e. The van der Waals surface area contributed by atoms with Crippen molar-refractivity contribution in [1.82, 2.24) is 10.3 Å². The zero-order chi connectivity index (χ0) is 16.9. The Morgan fingerprint density at radius 1 is 1.33 bits per heavy atom. The molecule has 126 valence electrons. The van der Waals surface area contributed by atoms with E-state index in [1.165, 1.54) is 5.56 Å². The Balaban J connectivity index is 1.60. The van der Waals surface area contributed by atoms with E-state index in [1.54, 1.807) is 12.3 Å². The number of aliphatic hydroxyl groups is 1. The van der Waals surface area contributed by atoms with Gasteiger partial charge in [0, 0.05) is 18.2 Å². The first-order valence-corrected chi connectivity index (χ1v) is 8.27. The van der Waals surface area contributed by atoms with Crippen LogP contribution in [0.3, 0.4) is 0 Å². The summed E-state index contributed by atoms with van der Waals surface area (Å²) in [6.45, 7) is 2.28. The van der Waals surface area contributed by atoms with Crippen molar-refractivity contribution in [2.45, 2.75) is 25.3 Å². The Morgan fingerprint density at radius 3 is 2.75 bits per heavy atom. The molecule has 0 unspecified atom stereocenters. The number of carbonyl (C=O) groups excluding carboxylic acids is 1. The van der Waals surface area contributed by atoms with Gasteiger partial charge in [0.15, 0.2) is 0 Å². The predicted octanol–water partition coefficient (Wildman–Crippen LogP) is 2.43. The van der Waals surface area contributed by atoms with Gasteiger partial charge in [-0.15, -0.1) is 0 Å². The topological polar surface area (TPSA) is 71.5 Å². The van der Waals surface area contributed by atoms with Gasteiger partial charge >= 0.3 is 0 Å². The number of nitrogens with one attached hydrogen (secondary N) is 1. The number of amides is 1. The van der Waals surface area contributed by atoms with E-state index < -0.39 is 6.04 Å². The van der Waals surface area contributed by atoms with Gasteiger partial charge in [-0.1, -0.05) is 30.3 Å². The number of aromatic nitrogens is 1. The Morgan fingerprint density at radius 2 is 2.12 bits per heavy atom. The van der Waals surface area contributed by atoms with Gasteiger partial charge in [-0.25, -0.2) is 4.98 Å². The first-order valence-electron chi connectivity index (χ1n) is 8.27.